The molecule has 4 N–H and O–H groups in total. The molecule has 3 heteroatoms. The van der Waals surface area contributed by atoms with E-state index in [1.54, 1.807) is 7.05 Å². The summed E-state index contributed by atoms with van der Waals surface area (Å²) in [6.07, 6.45) is 2.79. The second-order valence-electron chi connectivity index (χ2n) is 1.02. The van der Waals surface area contributed by atoms with Crippen molar-refractivity contribution in [3.63, 3.8) is 0 Å². The average molecular weight is 99.1 g/mol. The minimum Gasteiger partial charge on any atom is -0.404 e. The minimum atomic E-state index is 0.322. The fourth-order valence-electron chi connectivity index (χ4n) is 0.180. The fourth-order valence-corrected chi connectivity index (χ4v) is 0.180. The molecule has 0 aromatic carbocycles. The molecule has 0 spiro atoms. The van der Waals surface area contributed by atoms with Gasteiger partial charge in [-0.3, -0.25) is 5.41 Å². The maximum absolute atomic E-state index is 6.86. The highest BCUT2D eigenvalue weighted by Crippen LogP contribution is 1.62. The van der Waals surface area contributed by atoms with Crippen LogP contribution in [0.5, 0.6) is 0 Å². The predicted octanol–water partition coefficient (Wildman–Crippen LogP) is -0.345. The maximum atomic E-state index is 6.86. The van der Waals surface area contributed by atoms with Gasteiger partial charge in [0.1, 0.15) is 5.84 Å². The summed E-state index contributed by atoms with van der Waals surface area (Å²) < 4.78 is 0. The van der Waals surface area contributed by atoms with Gasteiger partial charge in [0.2, 0.25) is 0 Å². The molecule has 0 heterocycles. The van der Waals surface area contributed by atoms with Gasteiger partial charge >= 0.3 is 0 Å². The first-order valence-corrected chi connectivity index (χ1v) is 1.96. The van der Waals surface area contributed by atoms with E-state index >= 15 is 0 Å². The van der Waals surface area contributed by atoms with Crippen LogP contribution in [-0.2, 0) is 0 Å². The zero-order valence-electron chi connectivity index (χ0n) is 4.23. The normalized spacial score (nSPS) is 9.29. The van der Waals surface area contributed by atoms with Crippen molar-refractivity contribution < 1.29 is 0 Å². The van der Waals surface area contributed by atoms with Gasteiger partial charge in [0, 0.05) is 7.05 Å². The van der Waals surface area contributed by atoms with Crippen LogP contribution in [0.15, 0.2) is 12.3 Å². The summed E-state index contributed by atoms with van der Waals surface area (Å²) >= 11 is 0. The van der Waals surface area contributed by atoms with Crippen LogP contribution in [0.1, 0.15) is 0 Å². The number of hydrogen-bond donors (Lipinski definition) is 3. The average Bonchev–Trinajstić information content (AvgIpc) is 1.68. The molecule has 0 atom stereocenters. The number of likely N-dealkylation sites (N-methyl/N-ethyl adjacent to an activating group) is 1. The van der Waals surface area contributed by atoms with Gasteiger partial charge in [0.05, 0.1) is 0 Å². The van der Waals surface area contributed by atoms with Crippen LogP contribution in [-0.4, -0.2) is 12.9 Å². The molecule has 3 nitrogen and oxygen atoms in total. The Morgan fingerprint density at radius 3 is 2.57 bits per heavy atom. The topological polar surface area (TPSA) is 61.9 Å². The molecular formula is C4H9N3. The second kappa shape index (κ2) is 3.21. The van der Waals surface area contributed by atoms with Crippen LogP contribution >= 0.6 is 0 Å². The predicted molar refractivity (Wildman–Crippen MR) is 30.1 cm³/mol. The van der Waals surface area contributed by atoms with Gasteiger partial charge < -0.3 is 11.1 Å². The summed E-state index contributed by atoms with van der Waals surface area (Å²) in [6.45, 7) is 0. The Kier molecular flexibility index (Phi) is 2.76. The van der Waals surface area contributed by atoms with Crippen molar-refractivity contribution in [2.24, 2.45) is 5.73 Å². The molecule has 0 aliphatic rings. The van der Waals surface area contributed by atoms with E-state index in [2.05, 4.69) is 5.32 Å². The lowest BCUT2D eigenvalue weighted by molar-refractivity contribution is 1.15. The monoisotopic (exact) mass is 99.1 g/mol. The van der Waals surface area contributed by atoms with Crippen molar-refractivity contribution >= 4 is 5.84 Å². The smallest absolute Gasteiger partial charge is 0.119 e. The molecule has 0 aliphatic heterocycles. The van der Waals surface area contributed by atoms with Crippen molar-refractivity contribution in [1.82, 2.24) is 5.32 Å². The molecule has 0 bridgehead atoms. The SMILES string of the molecule is CNC(=N)/C=C\N. The Balaban J connectivity index is 3.37. The highest BCUT2D eigenvalue weighted by Gasteiger charge is 1.75. The zero-order chi connectivity index (χ0) is 5.70. The van der Waals surface area contributed by atoms with Crippen molar-refractivity contribution in [3.8, 4) is 0 Å². The van der Waals surface area contributed by atoms with Gasteiger partial charge in [0.15, 0.2) is 0 Å². The molecule has 0 radical (unpaired) electrons. The van der Waals surface area contributed by atoms with Crippen LogP contribution in [0.25, 0.3) is 0 Å². The van der Waals surface area contributed by atoms with Crippen molar-refractivity contribution in [1.29, 1.82) is 5.41 Å². The molecule has 0 unspecified atom stereocenters. The third-order valence-corrected chi connectivity index (χ3v) is 0.532. The van der Waals surface area contributed by atoms with Gasteiger partial charge in [-0.05, 0) is 12.3 Å². The molecule has 40 valence electrons. The van der Waals surface area contributed by atoms with E-state index in [4.69, 9.17) is 11.1 Å². The third-order valence-electron chi connectivity index (χ3n) is 0.532. The summed E-state index contributed by atoms with van der Waals surface area (Å²) in [7, 11) is 1.67. The molecule has 0 aromatic rings. The second-order valence-corrected chi connectivity index (χ2v) is 1.02. The summed E-state index contributed by atoms with van der Waals surface area (Å²) in [5.41, 5.74) is 4.94. The Bertz CT molecular complexity index is 84.9. The molecule has 0 amide bonds. The lowest BCUT2D eigenvalue weighted by atomic mass is 10.5. The van der Waals surface area contributed by atoms with E-state index in [1.807, 2.05) is 0 Å². The van der Waals surface area contributed by atoms with E-state index in [1.165, 1.54) is 12.3 Å². The zero-order valence-corrected chi connectivity index (χ0v) is 4.23. The summed E-state index contributed by atoms with van der Waals surface area (Å²) in [6, 6.07) is 0. The Labute approximate surface area is 42.7 Å². The number of nitrogens with two attached hydrogens (primary N) is 1. The summed E-state index contributed by atoms with van der Waals surface area (Å²) in [5, 5.41) is 9.44. The van der Waals surface area contributed by atoms with Crippen LogP contribution in [0.3, 0.4) is 0 Å². The molecule has 0 aliphatic carbocycles. The molecule has 7 heavy (non-hydrogen) atoms. The molecule has 0 saturated heterocycles. The van der Waals surface area contributed by atoms with E-state index in [0.29, 0.717) is 5.84 Å². The molecular weight excluding hydrogens is 90.1 g/mol. The van der Waals surface area contributed by atoms with E-state index in [0.717, 1.165) is 0 Å². The Hall–Kier alpha value is -0.990. The van der Waals surface area contributed by atoms with Crippen LogP contribution < -0.4 is 11.1 Å². The van der Waals surface area contributed by atoms with Gasteiger partial charge in [0.25, 0.3) is 0 Å². The van der Waals surface area contributed by atoms with E-state index in [-0.39, 0.29) is 0 Å². The lowest BCUT2D eigenvalue weighted by Crippen LogP contribution is -2.13. The first-order valence-electron chi connectivity index (χ1n) is 1.96. The Morgan fingerprint density at radius 1 is 1.86 bits per heavy atom. The maximum Gasteiger partial charge on any atom is 0.119 e. The van der Waals surface area contributed by atoms with Crippen LogP contribution in [0.4, 0.5) is 0 Å². The van der Waals surface area contributed by atoms with Crippen molar-refractivity contribution in [2.75, 3.05) is 7.05 Å². The van der Waals surface area contributed by atoms with Crippen LogP contribution in [0, 0.1) is 5.41 Å². The van der Waals surface area contributed by atoms with Crippen molar-refractivity contribution in [2.45, 2.75) is 0 Å². The van der Waals surface area contributed by atoms with E-state index < -0.39 is 0 Å². The first-order chi connectivity index (χ1) is 3.31. The quantitative estimate of drug-likeness (QED) is 0.311. The standard InChI is InChI=1S/C4H9N3/c1-7-4(6)2-3-5/h2-3H,5H2,1H3,(H2,6,7)/b3-2-. The number of amidine groups is 1. The molecule has 0 saturated carbocycles. The Morgan fingerprint density at radius 2 is 2.43 bits per heavy atom. The summed E-state index contributed by atoms with van der Waals surface area (Å²) in [5.74, 6) is 0.322. The van der Waals surface area contributed by atoms with Crippen LogP contribution in [0.2, 0.25) is 0 Å². The largest absolute Gasteiger partial charge is 0.404 e. The minimum absolute atomic E-state index is 0.322. The van der Waals surface area contributed by atoms with E-state index in [9.17, 15) is 0 Å². The molecule has 0 fully saturated rings. The third kappa shape index (κ3) is 2.82. The van der Waals surface area contributed by atoms with Gasteiger partial charge in [-0.2, -0.15) is 0 Å². The highest BCUT2D eigenvalue weighted by molar-refractivity contribution is 5.89. The number of nitrogens with one attached hydrogen (secondary N) is 2. The number of hydrogen-bond acceptors (Lipinski definition) is 2. The van der Waals surface area contributed by atoms with Crippen molar-refractivity contribution in [3.05, 3.63) is 12.3 Å². The van der Waals surface area contributed by atoms with Gasteiger partial charge in [-0.25, -0.2) is 0 Å². The highest BCUT2D eigenvalue weighted by atomic mass is 14.9. The lowest BCUT2D eigenvalue weighted by Gasteiger charge is -1.89. The first kappa shape index (κ1) is 6.01. The number of rotatable bonds is 1. The van der Waals surface area contributed by atoms with Gasteiger partial charge in [-0.15, -0.1) is 0 Å². The molecule has 0 rings (SSSR count). The fraction of sp³-hybridized carbons (Fsp3) is 0.250. The van der Waals surface area contributed by atoms with Gasteiger partial charge in [-0.1, -0.05) is 0 Å². The summed E-state index contributed by atoms with van der Waals surface area (Å²) in [4.78, 5) is 0. The molecule has 0 aromatic heterocycles.